The number of amides is 1. The lowest BCUT2D eigenvalue weighted by Crippen LogP contribution is -2.69. The minimum atomic E-state index is -4.73. The largest absolute Gasteiger partial charge is 0.420 e. The van der Waals surface area contributed by atoms with Crippen LogP contribution in [0.4, 0.5) is 24.7 Å². The maximum absolute atomic E-state index is 13.1. The number of hydrogen-bond donors (Lipinski definition) is 2. The van der Waals surface area contributed by atoms with Crippen molar-refractivity contribution in [1.82, 2.24) is 14.6 Å². The molecule has 1 saturated carbocycles. The number of β-amino-alcohol motifs (C(OH)–C–C–N with tert-alkyl or cyclic N) is 1. The summed E-state index contributed by atoms with van der Waals surface area (Å²) in [4.78, 5) is 17.3. The van der Waals surface area contributed by atoms with Crippen molar-refractivity contribution < 1.29 is 23.1 Å². The van der Waals surface area contributed by atoms with Gasteiger partial charge in [0.05, 0.1) is 30.5 Å². The Morgan fingerprint density at radius 1 is 1.28 bits per heavy atom. The van der Waals surface area contributed by atoms with E-state index >= 15 is 0 Å². The second kappa shape index (κ2) is 6.93. The molecule has 3 aromatic heterocycles. The fraction of sp³-hybridized carbons (Fsp3) is 0.333. The van der Waals surface area contributed by atoms with Gasteiger partial charge in [-0.3, -0.25) is 4.79 Å². The Morgan fingerprint density at radius 2 is 2.03 bits per heavy atom. The Hall–Kier alpha value is -3.65. The molecule has 1 aliphatic carbocycles. The monoisotopic (exact) mass is 442 g/mol. The Bertz CT molecular complexity index is 1270. The van der Waals surface area contributed by atoms with Crippen molar-refractivity contribution in [3.63, 3.8) is 0 Å². The summed E-state index contributed by atoms with van der Waals surface area (Å²) in [6.07, 6.45) is 0.00774. The molecule has 2 aliphatic rings. The van der Waals surface area contributed by atoms with Crippen molar-refractivity contribution in [2.75, 3.05) is 23.3 Å². The molecule has 0 atom stereocenters. The number of pyridine rings is 2. The van der Waals surface area contributed by atoms with Gasteiger partial charge in [-0.05, 0) is 36.6 Å². The van der Waals surface area contributed by atoms with E-state index in [1.54, 1.807) is 28.9 Å². The van der Waals surface area contributed by atoms with E-state index in [1.165, 1.54) is 17.2 Å². The molecule has 1 amide bonds. The van der Waals surface area contributed by atoms with Gasteiger partial charge in [0.2, 0.25) is 5.91 Å². The standard InChI is InChI=1S/C21H17F3N6O2/c22-21(23,24)20(32)10-29(11-20)17-9-26-14(8-25)6-16(17)13-3-4-30-15(5-13)7-18(28-30)27-19(31)12-1-2-12/h3-7,9,12,32H,1-2,10-11H2,(H,27,28,31). The van der Waals surface area contributed by atoms with E-state index in [2.05, 4.69) is 15.4 Å². The van der Waals surface area contributed by atoms with E-state index in [4.69, 9.17) is 0 Å². The van der Waals surface area contributed by atoms with E-state index in [1.807, 2.05) is 6.07 Å². The van der Waals surface area contributed by atoms with Crippen LogP contribution >= 0.6 is 0 Å². The highest BCUT2D eigenvalue weighted by Crippen LogP contribution is 2.42. The first-order chi connectivity index (χ1) is 15.2. The topological polar surface area (TPSA) is 107 Å². The first-order valence-corrected chi connectivity index (χ1v) is 9.92. The van der Waals surface area contributed by atoms with E-state index in [9.17, 15) is 28.3 Å². The molecule has 1 aliphatic heterocycles. The lowest BCUT2D eigenvalue weighted by molar-refractivity contribution is -0.267. The van der Waals surface area contributed by atoms with Gasteiger partial charge < -0.3 is 15.3 Å². The summed E-state index contributed by atoms with van der Waals surface area (Å²) in [7, 11) is 0. The highest BCUT2D eigenvalue weighted by atomic mass is 19.4. The summed E-state index contributed by atoms with van der Waals surface area (Å²) in [6, 6.07) is 8.60. The summed E-state index contributed by atoms with van der Waals surface area (Å²) in [5, 5.41) is 26.1. The van der Waals surface area contributed by atoms with Gasteiger partial charge in [0.1, 0.15) is 11.8 Å². The van der Waals surface area contributed by atoms with Crippen molar-refractivity contribution >= 4 is 22.9 Å². The molecule has 0 unspecified atom stereocenters. The van der Waals surface area contributed by atoms with Crippen molar-refractivity contribution in [2.24, 2.45) is 5.92 Å². The van der Waals surface area contributed by atoms with E-state index in [0.717, 1.165) is 12.8 Å². The van der Waals surface area contributed by atoms with Crippen molar-refractivity contribution in [3.05, 3.63) is 42.4 Å². The van der Waals surface area contributed by atoms with E-state index in [-0.39, 0.29) is 17.5 Å². The highest BCUT2D eigenvalue weighted by Gasteiger charge is 2.61. The third-order valence-corrected chi connectivity index (χ3v) is 5.74. The maximum Gasteiger partial charge on any atom is 0.420 e. The number of aliphatic hydroxyl groups is 1. The minimum absolute atomic E-state index is 0.0334. The smallest absolute Gasteiger partial charge is 0.378 e. The van der Waals surface area contributed by atoms with Crippen LogP contribution in [0.5, 0.6) is 0 Å². The van der Waals surface area contributed by atoms with Crippen LogP contribution in [0, 0.1) is 17.2 Å². The molecule has 4 heterocycles. The molecule has 0 aromatic carbocycles. The summed E-state index contributed by atoms with van der Waals surface area (Å²) in [5.74, 6) is 0.370. The average molecular weight is 442 g/mol. The number of halogens is 3. The predicted octanol–water partition coefficient (Wildman–Crippen LogP) is 2.73. The van der Waals surface area contributed by atoms with Gasteiger partial charge in [0.25, 0.3) is 0 Å². The van der Waals surface area contributed by atoms with Crippen LogP contribution in [0.1, 0.15) is 18.5 Å². The second-order valence-electron chi connectivity index (χ2n) is 8.16. The Morgan fingerprint density at radius 3 is 2.69 bits per heavy atom. The number of nitrogens with one attached hydrogen (secondary N) is 1. The number of alkyl halides is 3. The summed E-state index contributed by atoms with van der Waals surface area (Å²) < 4.78 is 40.8. The molecule has 32 heavy (non-hydrogen) atoms. The van der Waals surface area contributed by atoms with Gasteiger partial charge >= 0.3 is 6.18 Å². The molecule has 11 heteroatoms. The molecule has 0 bridgehead atoms. The van der Waals surface area contributed by atoms with Gasteiger partial charge in [-0.2, -0.15) is 23.5 Å². The zero-order valence-electron chi connectivity index (χ0n) is 16.6. The number of hydrogen-bond acceptors (Lipinski definition) is 6. The SMILES string of the molecule is N#Cc1cc(-c2ccn3nc(NC(=O)C4CC4)cc3c2)c(N2CC(O)(C(F)(F)F)C2)cn1. The van der Waals surface area contributed by atoms with Gasteiger partial charge in [0, 0.05) is 23.7 Å². The number of aromatic nitrogens is 3. The number of fused-ring (bicyclic) bond motifs is 1. The number of carbonyl (C=O) groups excluding carboxylic acids is 1. The normalized spacial score (nSPS) is 17.7. The van der Waals surface area contributed by atoms with Crippen molar-refractivity contribution in [3.8, 4) is 17.2 Å². The molecule has 0 spiro atoms. The molecule has 1 saturated heterocycles. The van der Waals surface area contributed by atoms with Crippen LogP contribution in [0.25, 0.3) is 16.6 Å². The van der Waals surface area contributed by atoms with E-state index < -0.39 is 24.9 Å². The molecule has 2 fully saturated rings. The van der Waals surface area contributed by atoms with Crippen molar-refractivity contribution in [2.45, 2.75) is 24.6 Å². The van der Waals surface area contributed by atoms with Gasteiger partial charge in [0.15, 0.2) is 11.4 Å². The molecular weight excluding hydrogens is 425 g/mol. The van der Waals surface area contributed by atoms with Crippen molar-refractivity contribution in [1.29, 1.82) is 5.26 Å². The van der Waals surface area contributed by atoms with Gasteiger partial charge in [-0.1, -0.05) is 0 Å². The van der Waals surface area contributed by atoms with Crippen LogP contribution in [0.15, 0.2) is 36.7 Å². The molecule has 0 radical (unpaired) electrons. The number of anilines is 2. The van der Waals surface area contributed by atoms with Crippen LogP contribution in [0.3, 0.4) is 0 Å². The lowest BCUT2D eigenvalue weighted by atomic mass is 9.91. The summed E-state index contributed by atoms with van der Waals surface area (Å²) >= 11 is 0. The Balaban J connectivity index is 1.48. The number of nitrogens with zero attached hydrogens (tertiary/aromatic N) is 5. The van der Waals surface area contributed by atoms with Gasteiger partial charge in [-0.25, -0.2) is 9.50 Å². The number of rotatable bonds is 4. The molecule has 164 valence electrons. The maximum atomic E-state index is 13.1. The van der Waals surface area contributed by atoms with E-state index in [0.29, 0.717) is 28.1 Å². The molecule has 3 aromatic rings. The summed E-state index contributed by atoms with van der Waals surface area (Å²) in [5.41, 5.74) is -0.486. The molecular formula is C21H17F3N6O2. The highest BCUT2D eigenvalue weighted by molar-refractivity contribution is 5.94. The first kappa shape index (κ1) is 20.3. The number of carbonyl (C=O) groups is 1. The third kappa shape index (κ3) is 3.42. The summed E-state index contributed by atoms with van der Waals surface area (Å²) in [6.45, 7) is -1.24. The fourth-order valence-corrected chi connectivity index (χ4v) is 3.72. The van der Waals surface area contributed by atoms with Gasteiger partial charge in [-0.15, -0.1) is 0 Å². The Labute approximate surface area is 179 Å². The molecule has 2 N–H and O–H groups in total. The van der Waals surface area contributed by atoms with Crippen LogP contribution in [-0.2, 0) is 4.79 Å². The van der Waals surface area contributed by atoms with Crippen LogP contribution < -0.4 is 10.2 Å². The third-order valence-electron chi connectivity index (χ3n) is 5.74. The zero-order chi connectivity index (χ0) is 22.7. The fourth-order valence-electron chi connectivity index (χ4n) is 3.72. The quantitative estimate of drug-likeness (QED) is 0.644. The second-order valence-corrected chi connectivity index (χ2v) is 8.16. The first-order valence-electron chi connectivity index (χ1n) is 9.92. The zero-order valence-corrected chi connectivity index (χ0v) is 16.6. The van der Waals surface area contributed by atoms with Crippen LogP contribution in [0.2, 0.25) is 0 Å². The Kier molecular flexibility index (Phi) is 4.39. The lowest BCUT2D eigenvalue weighted by Gasteiger charge is -2.48. The molecule has 5 rings (SSSR count). The molecule has 8 nitrogen and oxygen atoms in total. The minimum Gasteiger partial charge on any atom is -0.378 e. The van der Waals surface area contributed by atoms with Crippen LogP contribution in [-0.4, -0.2) is 50.5 Å². The average Bonchev–Trinajstić information content (AvgIpc) is 3.50. The number of nitriles is 1. The predicted molar refractivity (Wildman–Crippen MR) is 108 cm³/mol.